The molecule has 3 heterocycles. The molecule has 6 nitrogen and oxygen atoms in total. The van der Waals surface area contributed by atoms with E-state index in [2.05, 4.69) is 11.8 Å². The number of hydrogen-bond donors (Lipinski definition) is 0. The number of fused-ring (bicyclic) bond motifs is 5. The third-order valence-corrected chi connectivity index (χ3v) is 10.0. The van der Waals surface area contributed by atoms with Crippen LogP contribution in [0.4, 0.5) is 0 Å². The zero-order valence-electron chi connectivity index (χ0n) is 21.9. The number of aromatic nitrogens is 2. The normalized spacial score (nSPS) is 34.6. The summed E-state index contributed by atoms with van der Waals surface area (Å²) in [6.45, 7) is 3.87. The van der Waals surface area contributed by atoms with Gasteiger partial charge in [0.1, 0.15) is 5.78 Å². The highest BCUT2D eigenvalue weighted by Crippen LogP contribution is 2.48. The monoisotopic (exact) mass is 491 g/mol. The van der Waals surface area contributed by atoms with Crippen molar-refractivity contribution in [2.45, 2.75) is 115 Å². The van der Waals surface area contributed by atoms with Crippen molar-refractivity contribution in [3.63, 3.8) is 0 Å². The van der Waals surface area contributed by atoms with Crippen LogP contribution in [-0.4, -0.2) is 37.9 Å². The molecular weight excluding hydrogens is 450 g/mol. The Labute approximate surface area is 213 Å². The maximum absolute atomic E-state index is 13.7. The fraction of sp³-hybridized carbons (Fsp3) is 0.700. The van der Waals surface area contributed by atoms with E-state index in [9.17, 15) is 14.4 Å². The maximum Gasteiger partial charge on any atom is 0.332 e. The van der Waals surface area contributed by atoms with Gasteiger partial charge in [-0.15, -0.1) is 0 Å². The van der Waals surface area contributed by atoms with Crippen LogP contribution in [0.2, 0.25) is 0 Å². The van der Waals surface area contributed by atoms with Gasteiger partial charge in [0.2, 0.25) is 0 Å². The van der Waals surface area contributed by atoms with Crippen LogP contribution < -0.4 is 11.2 Å². The number of hydrogen-bond acceptors (Lipinski definition) is 4. The number of nitrogens with zero attached hydrogens (tertiary/aromatic N) is 3. The molecule has 4 aliphatic rings. The van der Waals surface area contributed by atoms with Crippen molar-refractivity contribution in [3.8, 4) is 0 Å². The first kappa shape index (κ1) is 24.1. The third-order valence-electron chi connectivity index (χ3n) is 10.0. The molecule has 2 aliphatic carbocycles. The van der Waals surface area contributed by atoms with Gasteiger partial charge in [-0.25, -0.2) is 4.79 Å². The molecule has 2 aromatic rings. The molecule has 6 rings (SSSR count). The van der Waals surface area contributed by atoms with Gasteiger partial charge in [-0.3, -0.25) is 23.6 Å². The molecule has 2 saturated carbocycles. The molecule has 1 aromatic heterocycles. The summed E-state index contributed by atoms with van der Waals surface area (Å²) in [5.74, 6) is 2.62. The van der Waals surface area contributed by atoms with Gasteiger partial charge in [0.15, 0.2) is 0 Å². The molecule has 7 atom stereocenters. The summed E-state index contributed by atoms with van der Waals surface area (Å²) in [6, 6.07) is 8.73. The van der Waals surface area contributed by atoms with Crippen molar-refractivity contribution in [2.24, 2.45) is 17.8 Å². The van der Waals surface area contributed by atoms with Gasteiger partial charge in [-0.05, 0) is 94.6 Å². The summed E-state index contributed by atoms with van der Waals surface area (Å²) in [6.07, 6.45) is 13.6. The summed E-state index contributed by atoms with van der Waals surface area (Å²) in [5.41, 5.74) is 0.0590. The van der Waals surface area contributed by atoms with Crippen LogP contribution in [0.25, 0.3) is 10.9 Å². The minimum Gasteiger partial charge on any atom is -0.298 e. The van der Waals surface area contributed by atoms with Gasteiger partial charge >= 0.3 is 5.69 Å². The lowest BCUT2D eigenvalue weighted by Crippen LogP contribution is -2.59. The van der Waals surface area contributed by atoms with Crippen LogP contribution in [0, 0.1) is 17.8 Å². The topological polar surface area (TPSA) is 64.3 Å². The van der Waals surface area contributed by atoms with Crippen molar-refractivity contribution in [3.05, 3.63) is 45.1 Å². The van der Waals surface area contributed by atoms with Crippen molar-refractivity contribution in [1.29, 1.82) is 0 Å². The number of para-hydroxylation sites is 1. The lowest BCUT2D eigenvalue weighted by molar-refractivity contribution is -0.117. The van der Waals surface area contributed by atoms with Gasteiger partial charge in [-0.1, -0.05) is 31.9 Å². The smallest absolute Gasteiger partial charge is 0.298 e. The zero-order chi connectivity index (χ0) is 25.0. The second kappa shape index (κ2) is 9.59. The van der Waals surface area contributed by atoms with Crippen molar-refractivity contribution >= 4 is 16.7 Å². The number of benzene rings is 1. The van der Waals surface area contributed by atoms with Crippen LogP contribution in [-0.2, 0) is 11.3 Å². The first-order valence-corrected chi connectivity index (χ1v) is 14.4. The Kier molecular flexibility index (Phi) is 6.43. The van der Waals surface area contributed by atoms with E-state index >= 15 is 0 Å². The fourth-order valence-electron chi connectivity index (χ4n) is 8.76. The molecule has 4 fully saturated rings. The molecule has 2 aliphatic heterocycles. The van der Waals surface area contributed by atoms with E-state index in [1.54, 1.807) is 12.1 Å². The quantitative estimate of drug-likeness (QED) is 0.596. The highest BCUT2D eigenvalue weighted by atomic mass is 16.2. The van der Waals surface area contributed by atoms with Crippen molar-refractivity contribution < 1.29 is 4.79 Å². The molecule has 1 unspecified atom stereocenters. The average Bonchev–Trinajstić information content (AvgIpc) is 2.85. The first-order valence-electron chi connectivity index (χ1n) is 14.4. The molecular formula is C30H41N3O3. The second-order valence-corrected chi connectivity index (χ2v) is 12.4. The SMILES string of the molecule is CCC1C[C@@H]2C[C@H](C1)C[C@@H](N1[C@@H]3CCC[C@H]1C[C@@H](n1c(=O)c4ccccc4n(CC(C)=O)c1=O)C3)C2. The molecule has 0 amide bonds. The predicted molar refractivity (Wildman–Crippen MR) is 142 cm³/mol. The van der Waals surface area contributed by atoms with Crippen LogP contribution in [0.3, 0.4) is 0 Å². The zero-order valence-corrected chi connectivity index (χ0v) is 21.9. The Morgan fingerprint density at radius 3 is 2.17 bits per heavy atom. The van der Waals surface area contributed by atoms with Crippen molar-refractivity contribution in [1.82, 2.24) is 14.0 Å². The van der Waals surface area contributed by atoms with Crippen molar-refractivity contribution in [2.75, 3.05) is 0 Å². The first-order chi connectivity index (χ1) is 17.4. The van der Waals surface area contributed by atoms with E-state index in [-0.39, 0.29) is 29.6 Å². The Balaban J connectivity index is 1.31. The Bertz CT molecular complexity index is 1230. The van der Waals surface area contributed by atoms with E-state index in [0.717, 1.165) is 30.6 Å². The minimum absolute atomic E-state index is 0.00886. The van der Waals surface area contributed by atoms with E-state index < -0.39 is 0 Å². The second-order valence-electron chi connectivity index (χ2n) is 12.4. The largest absolute Gasteiger partial charge is 0.332 e. The van der Waals surface area contributed by atoms with Gasteiger partial charge < -0.3 is 0 Å². The fourth-order valence-corrected chi connectivity index (χ4v) is 8.76. The number of Topliss-reactive ketones (excluding diaryl/α,β-unsaturated/α-hetero) is 1. The van der Waals surface area contributed by atoms with Gasteiger partial charge in [0.05, 0.1) is 17.4 Å². The lowest BCUT2D eigenvalue weighted by atomic mass is 9.64. The number of piperidine rings is 2. The summed E-state index contributed by atoms with van der Waals surface area (Å²) in [4.78, 5) is 42.2. The molecule has 36 heavy (non-hydrogen) atoms. The molecule has 4 bridgehead atoms. The Hall–Kier alpha value is -2.21. The number of rotatable bonds is 5. The summed E-state index contributed by atoms with van der Waals surface area (Å²) >= 11 is 0. The highest BCUT2D eigenvalue weighted by molar-refractivity contribution is 5.81. The van der Waals surface area contributed by atoms with E-state index in [4.69, 9.17) is 0 Å². The number of ketones is 1. The van der Waals surface area contributed by atoms with Gasteiger partial charge in [0.25, 0.3) is 5.56 Å². The van der Waals surface area contributed by atoms with Crippen LogP contribution in [0.1, 0.15) is 90.5 Å². The number of carbonyl (C=O) groups is 1. The summed E-state index contributed by atoms with van der Waals surface area (Å²) < 4.78 is 3.04. The third kappa shape index (κ3) is 4.19. The summed E-state index contributed by atoms with van der Waals surface area (Å²) in [5, 5.41) is 0.538. The van der Waals surface area contributed by atoms with Gasteiger partial charge in [0, 0.05) is 24.2 Å². The van der Waals surface area contributed by atoms with Crippen LogP contribution in [0.5, 0.6) is 0 Å². The van der Waals surface area contributed by atoms with E-state index in [1.807, 2.05) is 12.1 Å². The van der Waals surface area contributed by atoms with E-state index in [1.165, 1.54) is 73.8 Å². The molecule has 0 radical (unpaired) electrons. The minimum atomic E-state index is -0.316. The molecule has 6 heteroatoms. The standard InChI is InChI=1S/C30H41N3O3/c1-3-20-11-21-13-22(12-20)15-25(14-21)32-23-7-6-8-24(32)17-26(16-23)33-29(35)27-9-4-5-10-28(27)31(30(33)36)18-19(2)34/h4-5,9-10,20-26H,3,6-8,11-18H2,1-2H3/t20?,21-,22+,23-,24+,25+,26+. The molecule has 2 saturated heterocycles. The molecule has 0 spiro atoms. The summed E-state index contributed by atoms with van der Waals surface area (Å²) in [7, 11) is 0. The van der Waals surface area contributed by atoms with Gasteiger partial charge in [-0.2, -0.15) is 0 Å². The Morgan fingerprint density at radius 1 is 0.861 bits per heavy atom. The number of carbonyl (C=O) groups excluding carboxylic acids is 1. The highest BCUT2D eigenvalue weighted by Gasteiger charge is 2.46. The Morgan fingerprint density at radius 2 is 1.53 bits per heavy atom. The molecule has 194 valence electrons. The predicted octanol–water partition coefficient (Wildman–Crippen LogP) is 4.92. The van der Waals surface area contributed by atoms with Crippen LogP contribution >= 0.6 is 0 Å². The maximum atomic E-state index is 13.7. The van der Waals surface area contributed by atoms with Crippen LogP contribution in [0.15, 0.2) is 33.9 Å². The lowest BCUT2D eigenvalue weighted by Gasteiger charge is -2.55. The average molecular weight is 492 g/mol. The molecule has 1 aromatic carbocycles. The molecule has 0 N–H and O–H groups in total. The van der Waals surface area contributed by atoms with E-state index in [0.29, 0.717) is 29.0 Å².